The lowest BCUT2D eigenvalue weighted by atomic mass is 9.73. The first kappa shape index (κ1) is 15.3. The number of likely N-dealkylation sites (N-methyl/N-ethyl adjacent to an activating group) is 1. The third-order valence-corrected chi connectivity index (χ3v) is 5.28. The molecule has 1 saturated heterocycles. The Morgan fingerprint density at radius 3 is 2.67 bits per heavy atom. The summed E-state index contributed by atoms with van der Waals surface area (Å²) in [7, 11) is 1.82. The summed E-state index contributed by atoms with van der Waals surface area (Å²) in [6.45, 7) is 0.749. The zero-order valence-electron chi connectivity index (χ0n) is 13.3. The van der Waals surface area contributed by atoms with Crippen molar-refractivity contribution in [2.45, 2.75) is 17.9 Å². The molecule has 0 radical (unpaired) electrons. The van der Waals surface area contributed by atoms with Crippen molar-refractivity contribution >= 4 is 17.3 Å². The largest absolute Gasteiger partial charge is 0.595 e. The summed E-state index contributed by atoms with van der Waals surface area (Å²) in [5, 5.41) is 22.6. The molecule has 6 nitrogen and oxygen atoms in total. The number of anilines is 1. The van der Waals surface area contributed by atoms with Gasteiger partial charge in [-0.15, -0.1) is 0 Å². The van der Waals surface area contributed by atoms with Crippen molar-refractivity contribution < 1.29 is 15.2 Å². The maximum absolute atomic E-state index is 13.1. The normalized spacial score (nSPS) is 26.9. The van der Waals surface area contributed by atoms with Gasteiger partial charge in [0.1, 0.15) is 0 Å². The molecule has 0 aliphatic carbocycles. The second-order valence-electron chi connectivity index (χ2n) is 6.42. The Morgan fingerprint density at radius 1 is 1.25 bits per heavy atom. The first-order valence-corrected chi connectivity index (χ1v) is 8.00. The van der Waals surface area contributed by atoms with Crippen LogP contribution in [0, 0.1) is 5.21 Å². The van der Waals surface area contributed by atoms with Gasteiger partial charge in [-0.05, 0) is 30.2 Å². The van der Waals surface area contributed by atoms with Gasteiger partial charge in [0.15, 0.2) is 5.69 Å². The smallest absolute Gasteiger partial charge is 0.239 e. The SMILES string of the molecule is CN1C(=O)[C@@]2(CCN[C@H]2c2ccc([NH+]([O-])O)cc2)c2ccccc21. The molecule has 2 aromatic rings. The molecule has 2 aromatic carbocycles. The number of quaternary nitrogens is 1. The van der Waals surface area contributed by atoms with Gasteiger partial charge in [0.2, 0.25) is 5.91 Å². The quantitative estimate of drug-likeness (QED) is 0.721. The number of benzene rings is 2. The van der Waals surface area contributed by atoms with E-state index in [1.807, 2.05) is 43.4 Å². The van der Waals surface area contributed by atoms with Crippen LogP contribution in [0.2, 0.25) is 0 Å². The van der Waals surface area contributed by atoms with E-state index >= 15 is 0 Å². The highest BCUT2D eigenvalue weighted by molar-refractivity contribution is 6.08. The number of carbonyl (C=O) groups is 1. The molecule has 2 aliphatic rings. The summed E-state index contributed by atoms with van der Waals surface area (Å²) in [5.74, 6) is 0.0982. The fourth-order valence-electron chi connectivity index (χ4n) is 4.14. The third kappa shape index (κ3) is 1.94. The first-order valence-electron chi connectivity index (χ1n) is 8.00. The fourth-order valence-corrected chi connectivity index (χ4v) is 4.14. The molecular formula is C18H19N3O3. The van der Waals surface area contributed by atoms with Crippen LogP contribution in [0.4, 0.5) is 11.4 Å². The molecule has 2 heterocycles. The number of hydrogen-bond donors (Lipinski definition) is 3. The average molecular weight is 325 g/mol. The van der Waals surface area contributed by atoms with Crippen LogP contribution in [0.15, 0.2) is 48.5 Å². The summed E-state index contributed by atoms with van der Waals surface area (Å²) in [6.07, 6.45) is 0.735. The third-order valence-electron chi connectivity index (χ3n) is 5.28. The molecule has 1 fully saturated rings. The number of carbonyl (C=O) groups excluding carboxylic acids is 1. The molecular weight excluding hydrogens is 306 g/mol. The van der Waals surface area contributed by atoms with E-state index < -0.39 is 10.6 Å². The molecule has 1 amide bonds. The van der Waals surface area contributed by atoms with Gasteiger partial charge in [0.25, 0.3) is 0 Å². The van der Waals surface area contributed by atoms with Crippen molar-refractivity contribution in [1.29, 1.82) is 0 Å². The van der Waals surface area contributed by atoms with Gasteiger partial charge in [0, 0.05) is 24.9 Å². The summed E-state index contributed by atoms with van der Waals surface area (Å²) in [6, 6.07) is 14.6. The standard InChI is InChI=1S/C18H19N3O3/c1-20-15-5-3-2-4-14(15)18(17(20)22)10-11-19-16(18)12-6-8-13(9-7-12)21(23)24/h2-9,16,19,21,23H,10-11H2,1H3/t16-,18-/m0/s1. The molecule has 0 saturated carbocycles. The maximum Gasteiger partial charge on any atom is 0.239 e. The Bertz CT molecular complexity index is 790. The Morgan fingerprint density at radius 2 is 1.96 bits per heavy atom. The zero-order valence-corrected chi connectivity index (χ0v) is 13.3. The van der Waals surface area contributed by atoms with Gasteiger partial charge in [-0.2, -0.15) is 5.23 Å². The summed E-state index contributed by atoms with van der Waals surface area (Å²) in [4.78, 5) is 14.9. The van der Waals surface area contributed by atoms with Crippen LogP contribution in [0.5, 0.6) is 0 Å². The van der Waals surface area contributed by atoms with Crippen molar-refractivity contribution in [2.75, 3.05) is 18.5 Å². The van der Waals surface area contributed by atoms with Crippen LogP contribution in [0.25, 0.3) is 0 Å². The highest BCUT2D eigenvalue weighted by atomic mass is 16.8. The van der Waals surface area contributed by atoms with Crippen molar-refractivity contribution in [3.05, 3.63) is 64.9 Å². The highest BCUT2D eigenvalue weighted by Gasteiger charge is 2.57. The molecule has 124 valence electrons. The van der Waals surface area contributed by atoms with Gasteiger partial charge in [-0.25, -0.2) is 5.21 Å². The molecule has 0 bridgehead atoms. The van der Waals surface area contributed by atoms with Gasteiger partial charge < -0.3 is 15.4 Å². The van der Waals surface area contributed by atoms with Crippen LogP contribution in [0.1, 0.15) is 23.6 Å². The van der Waals surface area contributed by atoms with E-state index in [4.69, 9.17) is 5.21 Å². The van der Waals surface area contributed by atoms with E-state index in [0.717, 1.165) is 29.8 Å². The topological polar surface area (TPSA) is 80.1 Å². The number of hydrogen-bond acceptors (Lipinski definition) is 4. The second-order valence-corrected chi connectivity index (χ2v) is 6.42. The van der Waals surface area contributed by atoms with E-state index in [1.54, 1.807) is 17.0 Å². The van der Waals surface area contributed by atoms with Crippen molar-refractivity contribution in [2.24, 2.45) is 0 Å². The Labute approximate surface area is 139 Å². The van der Waals surface area contributed by atoms with Gasteiger partial charge in [0.05, 0.1) is 11.5 Å². The molecule has 6 heteroatoms. The van der Waals surface area contributed by atoms with E-state index in [0.29, 0.717) is 0 Å². The molecule has 1 spiro atoms. The van der Waals surface area contributed by atoms with Crippen LogP contribution in [-0.4, -0.2) is 24.7 Å². The Hall–Kier alpha value is -2.25. The zero-order chi connectivity index (χ0) is 16.9. The number of rotatable bonds is 2. The molecule has 3 N–H and O–H groups in total. The van der Waals surface area contributed by atoms with Gasteiger partial charge in [-0.3, -0.25) is 4.79 Å². The minimum Gasteiger partial charge on any atom is -0.595 e. The Kier molecular flexibility index (Phi) is 3.43. The van der Waals surface area contributed by atoms with E-state index in [1.165, 1.54) is 0 Å². The number of amides is 1. The highest BCUT2D eigenvalue weighted by Crippen LogP contribution is 2.52. The number of para-hydroxylation sites is 1. The molecule has 0 aromatic heterocycles. The van der Waals surface area contributed by atoms with Gasteiger partial charge >= 0.3 is 0 Å². The first-order chi connectivity index (χ1) is 11.6. The average Bonchev–Trinajstić information content (AvgIpc) is 3.13. The van der Waals surface area contributed by atoms with Crippen molar-refractivity contribution in [3.8, 4) is 0 Å². The van der Waals surface area contributed by atoms with Gasteiger partial charge in [-0.1, -0.05) is 30.3 Å². The number of fused-ring (bicyclic) bond motifs is 2. The lowest BCUT2D eigenvalue weighted by Gasteiger charge is -2.30. The molecule has 4 rings (SSSR count). The van der Waals surface area contributed by atoms with Crippen LogP contribution in [0.3, 0.4) is 0 Å². The maximum atomic E-state index is 13.1. The minimum atomic E-state index is -0.947. The summed E-state index contributed by atoms with van der Waals surface area (Å²) < 4.78 is 0. The number of nitrogens with one attached hydrogen (secondary N) is 2. The Balaban J connectivity index is 1.81. The molecule has 3 atom stereocenters. The van der Waals surface area contributed by atoms with Crippen molar-refractivity contribution in [3.63, 3.8) is 0 Å². The number of nitrogens with zero attached hydrogens (tertiary/aromatic N) is 1. The van der Waals surface area contributed by atoms with E-state index in [2.05, 4.69) is 5.32 Å². The predicted molar refractivity (Wildman–Crippen MR) is 89.1 cm³/mol. The molecule has 2 aliphatic heterocycles. The molecule has 1 unspecified atom stereocenters. The molecule has 24 heavy (non-hydrogen) atoms. The minimum absolute atomic E-state index is 0.0982. The predicted octanol–water partition coefficient (Wildman–Crippen LogP) is 1.04. The second kappa shape index (κ2) is 5.39. The van der Waals surface area contributed by atoms with Crippen LogP contribution < -0.4 is 15.4 Å². The van der Waals surface area contributed by atoms with E-state index in [9.17, 15) is 10.0 Å². The fraction of sp³-hybridized carbons (Fsp3) is 0.278. The lowest BCUT2D eigenvalue weighted by molar-refractivity contribution is -0.991. The van der Waals surface area contributed by atoms with Crippen LogP contribution >= 0.6 is 0 Å². The van der Waals surface area contributed by atoms with Crippen LogP contribution in [-0.2, 0) is 10.2 Å². The monoisotopic (exact) mass is 325 g/mol. The lowest BCUT2D eigenvalue weighted by Crippen LogP contribution is -2.99. The summed E-state index contributed by atoms with van der Waals surface area (Å²) >= 11 is 0. The van der Waals surface area contributed by atoms with E-state index in [-0.39, 0.29) is 17.6 Å². The van der Waals surface area contributed by atoms with Crippen molar-refractivity contribution in [1.82, 2.24) is 5.32 Å². The summed E-state index contributed by atoms with van der Waals surface area (Å²) in [5.41, 5.74) is 2.58.